The fraction of sp³-hybridized carbons (Fsp3) is 0.667. The summed E-state index contributed by atoms with van der Waals surface area (Å²) in [7, 11) is 0. The monoisotopic (exact) mass is 287 g/mol. The molecule has 4 N–H and O–H groups in total. The molecule has 0 bridgehead atoms. The van der Waals surface area contributed by atoms with Gasteiger partial charge in [0.15, 0.2) is 5.78 Å². The summed E-state index contributed by atoms with van der Waals surface area (Å²) in [5.41, 5.74) is 0. The molecule has 1 unspecified atom stereocenters. The molecule has 0 aliphatic rings. The summed E-state index contributed by atoms with van der Waals surface area (Å²) in [6.07, 6.45) is 0. The highest BCUT2D eigenvalue weighted by Gasteiger charge is 2.16. The molecule has 0 aromatic rings. The lowest BCUT2D eigenvalue weighted by atomic mass is 10.2. The molecular weight excluding hydrogens is 266 g/mol. The van der Waals surface area contributed by atoms with Crippen molar-refractivity contribution in [2.75, 3.05) is 19.7 Å². The lowest BCUT2D eigenvalue weighted by molar-refractivity contribution is -0.130. The molecule has 0 aliphatic heterocycles. The number of hydrogen-bond acceptors (Lipinski definition) is 5. The lowest BCUT2D eigenvalue weighted by Crippen LogP contribution is -2.48. The van der Waals surface area contributed by atoms with Gasteiger partial charge >= 0.3 is 0 Å². The highest BCUT2D eigenvalue weighted by Crippen LogP contribution is 1.89. The topological polar surface area (TPSA) is 125 Å². The van der Waals surface area contributed by atoms with E-state index < -0.39 is 24.5 Å². The quantitative estimate of drug-likeness (QED) is 0.408. The Morgan fingerprint density at radius 3 is 2.00 bits per heavy atom. The van der Waals surface area contributed by atoms with Crippen molar-refractivity contribution in [2.45, 2.75) is 26.8 Å². The first kappa shape index (κ1) is 18.0. The van der Waals surface area contributed by atoms with Crippen LogP contribution in [-0.4, -0.2) is 54.3 Å². The van der Waals surface area contributed by atoms with Crippen LogP contribution in [0.4, 0.5) is 0 Å². The minimum absolute atomic E-state index is 0.222. The summed E-state index contributed by atoms with van der Waals surface area (Å²) in [5.74, 6) is -1.98. The van der Waals surface area contributed by atoms with Crippen molar-refractivity contribution in [3.63, 3.8) is 0 Å². The number of aliphatic hydroxyl groups excluding tert-OH is 1. The van der Waals surface area contributed by atoms with Crippen LogP contribution < -0.4 is 16.0 Å². The Balaban J connectivity index is 3.98. The molecular formula is C12H21N3O5. The number of Topliss-reactive ketones (excluding diaryl/α,β-unsaturated/α-hetero) is 1. The average molecular weight is 287 g/mol. The average Bonchev–Trinajstić information content (AvgIpc) is 2.38. The molecule has 0 heterocycles. The van der Waals surface area contributed by atoms with Crippen LogP contribution in [0.1, 0.15) is 20.8 Å². The lowest BCUT2D eigenvalue weighted by Gasteiger charge is -2.13. The van der Waals surface area contributed by atoms with Crippen LogP contribution in [0.15, 0.2) is 0 Å². The maximum atomic E-state index is 11.4. The molecule has 0 aromatic heterocycles. The van der Waals surface area contributed by atoms with Crippen LogP contribution in [0.25, 0.3) is 0 Å². The zero-order chi connectivity index (χ0) is 15.7. The molecule has 20 heavy (non-hydrogen) atoms. The van der Waals surface area contributed by atoms with Gasteiger partial charge in [0.1, 0.15) is 6.04 Å². The molecule has 0 spiro atoms. The van der Waals surface area contributed by atoms with Crippen molar-refractivity contribution in [2.24, 2.45) is 5.92 Å². The van der Waals surface area contributed by atoms with E-state index in [2.05, 4.69) is 16.0 Å². The molecule has 0 saturated heterocycles. The molecule has 0 fully saturated rings. The minimum atomic E-state index is -0.972. The molecule has 0 aromatic carbocycles. The first-order chi connectivity index (χ1) is 9.27. The Hall–Kier alpha value is -1.96. The van der Waals surface area contributed by atoms with Crippen molar-refractivity contribution in [3.05, 3.63) is 0 Å². The van der Waals surface area contributed by atoms with Gasteiger partial charge in [-0.15, -0.1) is 0 Å². The molecule has 114 valence electrons. The second kappa shape index (κ2) is 9.03. The predicted octanol–water partition coefficient (Wildman–Crippen LogP) is -2.06. The maximum absolute atomic E-state index is 11.4. The Morgan fingerprint density at radius 1 is 1.00 bits per heavy atom. The van der Waals surface area contributed by atoms with E-state index in [4.69, 9.17) is 5.11 Å². The molecule has 0 rings (SSSR count). The van der Waals surface area contributed by atoms with Crippen molar-refractivity contribution in [1.29, 1.82) is 0 Å². The molecule has 0 aliphatic carbocycles. The SMILES string of the molecule is CC(=O)C(CO)NC(=O)CNC(=O)CNC(=O)C(C)C. The fourth-order valence-electron chi connectivity index (χ4n) is 1.13. The maximum Gasteiger partial charge on any atom is 0.240 e. The highest BCUT2D eigenvalue weighted by molar-refractivity contribution is 5.91. The Labute approximate surface area is 117 Å². The van der Waals surface area contributed by atoms with Gasteiger partial charge in [0.05, 0.1) is 19.7 Å². The van der Waals surface area contributed by atoms with Gasteiger partial charge in [0, 0.05) is 5.92 Å². The first-order valence-electron chi connectivity index (χ1n) is 6.23. The Kier molecular flexibility index (Phi) is 8.14. The summed E-state index contributed by atoms with van der Waals surface area (Å²) >= 11 is 0. The van der Waals surface area contributed by atoms with Crippen LogP contribution in [0.5, 0.6) is 0 Å². The smallest absolute Gasteiger partial charge is 0.240 e. The van der Waals surface area contributed by atoms with E-state index in [1.165, 1.54) is 6.92 Å². The van der Waals surface area contributed by atoms with Gasteiger partial charge in [0.2, 0.25) is 17.7 Å². The van der Waals surface area contributed by atoms with Crippen molar-refractivity contribution in [3.8, 4) is 0 Å². The van der Waals surface area contributed by atoms with Crippen LogP contribution in [-0.2, 0) is 19.2 Å². The summed E-state index contributed by atoms with van der Waals surface area (Å²) in [6.45, 7) is 3.57. The number of rotatable bonds is 8. The second-order valence-electron chi connectivity index (χ2n) is 4.56. The second-order valence-corrected chi connectivity index (χ2v) is 4.56. The normalized spacial score (nSPS) is 11.7. The number of nitrogens with one attached hydrogen (secondary N) is 3. The number of ketones is 1. The van der Waals surface area contributed by atoms with Gasteiger partial charge in [-0.1, -0.05) is 13.8 Å². The molecule has 8 nitrogen and oxygen atoms in total. The molecule has 8 heteroatoms. The molecule has 3 amide bonds. The molecule has 0 saturated carbocycles. The van der Waals surface area contributed by atoms with Crippen molar-refractivity contribution < 1.29 is 24.3 Å². The van der Waals surface area contributed by atoms with Crippen molar-refractivity contribution >= 4 is 23.5 Å². The number of aliphatic hydroxyl groups is 1. The van der Waals surface area contributed by atoms with E-state index >= 15 is 0 Å². The zero-order valence-electron chi connectivity index (χ0n) is 11.9. The Morgan fingerprint density at radius 2 is 1.55 bits per heavy atom. The summed E-state index contributed by atoms with van der Waals surface area (Å²) < 4.78 is 0. The van der Waals surface area contributed by atoms with E-state index in [-0.39, 0.29) is 30.7 Å². The highest BCUT2D eigenvalue weighted by atomic mass is 16.3. The number of amides is 3. The number of carbonyl (C=O) groups excluding carboxylic acids is 4. The predicted molar refractivity (Wildman–Crippen MR) is 70.6 cm³/mol. The number of hydrogen-bond donors (Lipinski definition) is 4. The van der Waals surface area contributed by atoms with Gasteiger partial charge in [-0.2, -0.15) is 0 Å². The van der Waals surface area contributed by atoms with Crippen LogP contribution in [0, 0.1) is 5.92 Å². The van der Waals surface area contributed by atoms with Crippen LogP contribution in [0.3, 0.4) is 0 Å². The third-order valence-corrected chi connectivity index (χ3v) is 2.40. The largest absolute Gasteiger partial charge is 0.394 e. The standard InChI is InChI=1S/C12H21N3O5/c1-7(2)12(20)14-4-10(18)13-5-11(19)15-9(6-16)8(3)17/h7,9,16H,4-6H2,1-3H3,(H,13,18)(H,14,20)(H,15,19). The number of carbonyl (C=O) groups is 4. The third-order valence-electron chi connectivity index (χ3n) is 2.40. The van der Waals surface area contributed by atoms with Crippen molar-refractivity contribution in [1.82, 2.24) is 16.0 Å². The first-order valence-corrected chi connectivity index (χ1v) is 6.23. The van der Waals surface area contributed by atoms with E-state index in [0.717, 1.165) is 0 Å². The molecule has 1 atom stereocenters. The summed E-state index contributed by atoms with van der Waals surface area (Å²) in [5, 5.41) is 15.8. The van der Waals surface area contributed by atoms with E-state index in [0.29, 0.717) is 0 Å². The minimum Gasteiger partial charge on any atom is -0.394 e. The van der Waals surface area contributed by atoms with Gasteiger partial charge in [-0.05, 0) is 6.92 Å². The van der Waals surface area contributed by atoms with Gasteiger partial charge < -0.3 is 21.1 Å². The Bertz CT molecular complexity index is 381. The van der Waals surface area contributed by atoms with Crippen LogP contribution in [0.2, 0.25) is 0 Å². The zero-order valence-corrected chi connectivity index (χ0v) is 11.9. The van der Waals surface area contributed by atoms with E-state index in [1.807, 2.05) is 0 Å². The van der Waals surface area contributed by atoms with Crippen LogP contribution >= 0.6 is 0 Å². The summed E-state index contributed by atoms with van der Waals surface area (Å²) in [6, 6.07) is -0.972. The molecule has 0 radical (unpaired) electrons. The van der Waals surface area contributed by atoms with Gasteiger partial charge in [-0.25, -0.2) is 0 Å². The van der Waals surface area contributed by atoms with E-state index in [9.17, 15) is 19.2 Å². The van der Waals surface area contributed by atoms with Gasteiger partial charge in [0.25, 0.3) is 0 Å². The third kappa shape index (κ3) is 7.47. The summed E-state index contributed by atoms with van der Waals surface area (Å²) in [4.78, 5) is 44.9. The fourth-order valence-corrected chi connectivity index (χ4v) is 1.13. The van der Waals surface area contributed by atoms with Gasteiger partial charge in [-0.3, -0.25) is 19.2 Å². The van der Waals surface area contributed by atoms with E-state index in [1.54, 1.807) is 13.8 Å².